The summed E-state index contributed by atoms with van der Waals surface area (Å²) in [5.41, 5.74) is 0. The van der Waals surface area contributed by atoms with Crippen LogP contribution in [0.25, 0.3) is 0 Å². The largest absolute Gasteiger partial charge is 0.494 e. The van der Waals surface area contributed by atoms with Gasteiger partial charge >= 0.3 is 5.97 Å². The van der Waals surface area contributed by atoms with Crippen LogP contribution in [0.1, 0.15) is 19.8 Å². The monoisotopic (exact) mass is 307 g/mol. The minimum absolute atomic E-state index is 0.0632. The zero-order valence-electron chi connectivity index (χ0n) is 13.4. The van der Waals surface area contributed by atoms with Gasteiger partial charge in [-0.2, -0.15) is 0 Å². The Morgan fingerprint density at radius 2 is 1.73 bits per heavy atom. The van der Waals surface area contributed by atoms with Gasteiger partial charge in [-0.1, -0.05) is 0 Å². The number of likely N-dealkylation sites (tertiary alicyclic amines) is 1. The van der Waals surface area contributed by atoms with Gasteiger partial charge in [0, 0.05) is 6.54 Å². The highest BCUT2D eigenvalue weighted by Crippen LogP contribution is 2.19. The molecule has 0 aliphatic carbocycles. The van der Waals surface area contributed by atoms with Gasteiger partial charge in [0.2, 0.25) is 0 Å². The molecule has 0 atom stereocenters. The molecule has 22 heavy (non-hydrogen) atoms. The average molecular weight is 307 g/mol. The van der Waals surface area contributed by atoms with Crippen LogP contribution in [0, 0.1) is 5.92 Å². The molecule has 0 bridgehead atoms. The smallest absolute Gasteiger partial charge is 0.308 e. The highest BCUT2D eigenvalue weighted by atomic mass is 16.5. The van der Waals surface area contributed by atoms with Crippen molar-refractivity contribution in [3.05, 3.63) is 24.3 Å². The minimum atomic E-state index is -0.0784. The first kappa shape index (κ1) is 16.6. The second kappa shape index (κ2) is 8.63. The standard InChI is InChI=1S/C17H25NO4/c1-3-21-15-4-6-16(7-5-15)22-13-12-18-10-8-14(9-11-18)17(19)20-2/h4-7,14H,3,8-13H2,1-2H3. The molecule has 1 aliphatic heterocycles. The number of carbonyl (C=O) groups is 1. The van der Waals surface area contributed by atoms with E-state index in [1.807, 2.05) is 31.2 Å². The number of hydrogen-bond acceptors (Lipinski definition) is 5. The van der Waals surface area contributed by atoms with E-state index in [-0.39, 0.29) is 11.9 Å². The second-order valence-corrected chi connectivity index (χ2v) is 5.39. The van der Waals surface area contributed by atoms with Gasteiger partial charge in [-0.15, -0.1) is 0 Å². The van der Waals surface area contributed by atoms with Crippen LogP contribution in [0.5, 0.6) is 11.5 Å². The first-order valence-electron chi connectivity index (χ1n) is 7.88. The van der Waals surface area contributed by atoms with Gasteiger partial charge in [0.05, 0.1) is 19.6 Å². The molecule has 0 N–H and O–H groups in total. The van der Waals surface area contributed by atoms with E-state index in [2.05, 4.69) is 4.90 Å². The van der Waals surface area contributed by atoms with Crippen LogP contribution >= 0.6 is 0 Å². The third-order valence-electron chi connectivity index (χ3n) is 3.93. The molecule has 0 unspecified atom stereocenters. The molecule has 1 fully saturated rings. The summed E-state index contributed by atoms with van der Waals surface area (Å²) in [5, 5.41) is 0. The Morgan fingerprint density at radius 3 is 2.27 bits per heavy atom. The number of nitrogens with zero attached hydrogens (tertiary/aromatic N) is 1. The molecule has 1 heterocycles. The van der Waals surface area contributed by atoms with E-state index in [4.69, 9.17) is 14.2 Å². The van der Waals surface area contributed by atoms with E-state index in [1.165, 1.54) is 7.11 Å². The Kier molecular flexibility index (Phi) is 6.52. The minimum Gasteiger partial charge on any atom is -0.494 e. The maximum absolute atomic E-state index is 11.5. The van der Waals surface area contributed by atoms with Gasteiger partial charge in [-0.3, -0.25) is 9.69 Å². The van der Waals surface area contributed by atoms with Crippen molar-refractivity contribution in [3.63, 3.8) is 0 Å². The predicted octanol–water partition coefficient (Wildman–Crippen LogP) is 2.35. The quantitative estimate of drug-likeness (QED) is 0.724. The van der Waals surface area contributed by atoms with Crippen LogP contribution in [0.3, 0.4) is 0 Å². The van der Waals surface area contributed by atoms with Crippen LogP contribution < -0.4 is 9.47 Å². The Balaban J connectivity index is 1.66. The van der Waals surface area contributed by atoms with Gasteiger partial charge in [-0.25, -0.2) is 0 Å². The topological polar surface area (TPSA) is 48.0 Å². The molecule has 122 valence electrons. The van der Waals surface area contributed by atoms with E-state index in [0.717, 1.165) is 44.0 Å². The van der Waals surface area contributed by atoms with E-state index in [0.29, 0.717) is 13.2 Å². The number of benzene rings is 1. The summed E-state index contributed by atoms with van der Waals surface area (Å²) < 4.78 is 15.9. The van der Waals surface area contributed by atoms with Crippen LogP contribution in [-0.4, -0.2) is 50.8 Å². The third-order valence-corrected chi connectivity index (χ3v) is 3.93. The average Bonchev–Trinajstić information content (AvgIpc) is 2.56. The van der Waals surface area contributed by atoms with Gasteiger partial charge in [0.1, 0.15) is 18.1 Å². The summed E-state index contributed by atoms with van der Waals surface area (Å²) in [6.07, 6.45) is 1.74. The number of methoxy groups -OCH3 is 1. The van der Waals surface area contributed by atoms with Crippen molar-refractivity contribution >= 4 is 5.97 Å². The summed E-state index contributed by atoms with van der Waals surface area (Å²) in [6.45, 7) is 6.01. The second-order valence-electron chi connectivity index (χ2n) is 5.39. The first-order valence-corrected chi connectivity index (χ1v) is 7.88. The number of hydrogen-bond donors (Lipinski definition) is 0. The molecule has 0 saturated carbocycles. The highest BCUT2D eigenvalue weighted by molar-refractivity contribution is 5.72. The molecule has 1 saturated heterocycles. The molecule has 0 spiro atoms. The van der Waals surface area contributed by atoms with Crippen molar-refractivity contribution in [1.82, 2.24) is 4.90 Å². The van der Waals surface area contributed by atoms with Gasteiger partial charge in [0.15, 0.2) is 0 Å². The Bertz CT molecular complexity index is 452. The van der Waals surface area contributed by atoms with Crippen molar-refractivity contribution in [3.8, 4) is 11.5 Å². The van der Waals surface area contributed by atoms with Crippen molar-refractivity contribution < 1.29 is 19.0 Å². The van der Waals surface area contributed by atoms with Crippen LogP contribution in [0.2, 0.25) is 0 Å². The summed E-state index contributed by atoms with van der Waals surface area (Å²) >= 11 is 0. The Hall–Kier alpha value is -1.75. The van der Waals surface area contributed by atoms with Crippen molar-refractivity contribution in [2.24, 2.45) is 5.92 Å². The molecule has 0 amide bonds. The molecule has 1 aliphatic rings. The molecule has 5 heteroatoms. The van der Waals surface area contributed by atoms with E-state index in [1.54, 1.807) is 0 Å². The highest BCUT2D eigenvalue weighted by Gasteiger charge is 2.25. The maximum atomic E-state index is 11.5. The molecule has 5 nitrogen and oxygen atoms in total. The maximum Gasteiger partial charge on any atom is 0.308 e. The molecule has 1 aromatic rings. The van der Waals surface area contributed by atoms with Gasteiger partial charge < -0.3 is 14.2 Å². The fourth-order valence-corrected chi connectivity index (χ4v) is 2.65. The number of esters is 1. The van der Waals surface area contributed by atoms with Crippen LogP contribution in [-0.2, 0) is 9.53 Å². The van der Waals surface area contributed by atoms with Crippen LogP contribution in [0.15, 0.2) is 24.3 Å². The zero-order valence-corrected chi connectivity index (χ0v) is 13.4. The fraction of sp³-hybridized carbons (Fsp3) is 0.588. The lowest BCUT2D eigenvalue weighted by molar-refractivity contribution is -0.147. The molecule has 0 aromatic heterocycles. The summed E-state index contributed by atoms with van der Waals surface area (Å²) in [7, 11) is 1.46. The number of piperidine rings is 1. The molecular formula is C17H25NO4. The summed E-state index contributed by atoms with van der Waals surface area (Å²) in [5.74, 6) is 1.70. The lowest BCUT2D eigenvalue weighted by Gasteiger charge is -2.30. The summed E-state index contributed by atoms with van der Waals surface area (Å²) in [6, 6.07) is 7.68. The molecule has 1 aromatic carbocycles. The Labute approximate surface area is 132 Å². The van der Waals surface area contributed by atoms with Crippen LogP contribution in [0.4, 0.5) is 0 Å². The van der Waals surface area contributed by atoms with E-state index >= 15 is 0 Å². The normalized spacial score (nSPS) is 16.3. The summed E-state index contributed by atoms with van der Waals surface area (Å²) in [4.78, 5) is 13.8. The first-order chi connectivity index (χ1) is 10.7. The third kappa shape index (κ3) is 4.91. The SMILES string of the molecule is CCOc1ccc(OCCN2CCC(C(=O)OC)CC2)cc1. The molecule has 0 radical (unpaired) electrons. The van der Waals surface area contributed by atoms with Gasteiger partial charge in [0.25, 0.3) is 0 Å². The number of rotatable bonds is 7. The zero-order chi connectivity index (χ0) is 15.8. The van der Waals surface area contributed by atoms with Crippen molar-refractivity contribution in [2.45, 2.75) is 19.8 Å². The number of carbonyl (C=O) groups excluding carboxylic acids is 1. The lowest BCUT2D eigenvalue weighted by Crippen LogP contribution is -2.38. The van der Waals surface area contributed by atoms with Gasteiger partial charge in [-0.05, 0) is 57.1 Å². The molecular weight excluding hydrogens is 282 g/mol. The van der Waals surface area contributed by atoms with E-state index < -0.39 is 0 Å². The fourth-order valence-electron chi connectivity index (χ4n) is 2.65. The predicted molar refractivity (Wildman–Crippen MR) is 84.3 cm³/mol. The van der Waals surface area contributed by atoms with Crippen molar-refractivity contribution in [1.29, 1.82) is 0 Å². The van der Waals surface area contributed by atoms with Crippen molar-refractivity contribution in [2.75, 3.05) is 40.0 Å². The Morgan fingerprint density at radius 1 is 1.14 bits per heavy atom. The number of ether oxygens (including phenoxy) is 3. The lowest BCUT2D eigenvalue weighted by atomic mass is 9.97. The van der Waals surface area contributed by atoms with E-state index in [9.17, 15) is 4.79 Å². The molecule has 2 rings (SSSR count).